The first-order chi connectivity index (χ1) is 10.1. The maximum absolute atomic E-state index is 4.54. The molecule has 0 saturated heterocycles. The van der Waals surface area contributed by atoms with E-state index in [1.807, 2.05) is 12.3 Å². The Morgan fingerprint density at radius 1 is 0.957 bits per heavy atom. The summed E-state index contributed by atoms with van der Waals surface area (Å²) in [4.78, 5) is 4.54. The molecular formula is C19H21Cl2CrN. The number of nitrogens with zero attached hydrogens (tertiary/aromatic N) is 1. The first kappa shape index (κ1) is 20.0. The van der Waals surface area contributed by atoms with Gasteiger partial charge in [-0.25, -0.2) is 0 Å². The molecule has 1 aromatic carbocycles. The van der Waals surface area contributed by atoms with Crippen molar-refractivity contribution < 1.29 is 15.2 Å². The molecule has 0 atom stereocenters. The van der Waals surface area contributed by atoms with E-state index in [1.54, 1.807) is 4.44 Å². The minimum Gasteiger partial charge on any atom is -0.147 e. The summed E-state index contributed by atoms with van der Waals surface area (Å²) in [6.07, 6.45) is 7.70. The molecule has 3 rings (SSSR count). The van der Waals surface area contributed by atoms with Gasteiger partial charge in [0.05, 0.1) is 0 Å². The summed E-state index contributed by atoms with van der Waals surface area (Å²) in [7, 11) is 0. The second-order valence-corrected chi connectivity index (χ2v) is 8.40. The van der Waals surface area contributed by atoms with E-state index in [-0.39, 0.29) is 29.1 Å². The van der Waals surface area contributed by atoms with Crippen molar-refractivity contribution in [2.75, 3.05) is 0 Å². The van der Waals surface area contributed by atoms with Crippen LogP contribution < -0.4 is 0 Å². The van der Waals surface area contributed by atoms with Crippen LogP contribution in [0.15, 0.2) is 71.3 Å². The largest absolute Gasteiger partial charge is 0.147 e. The average molecular weight is 386 g/mol. The Balaban J connectivity index is 0.00000132. The van der Waals surface area contributed by atoms with Crippen LogP contribution in [0, 0.1) is 0 Å². The van der Waals surface area contributed by atoms with Crippen molar-refractivity contribution in [1.29, 1.82) is 0 Å². The average Bonchev–Trinajstić information content (AvgIpc) is 2.97. The zero-order valence-corrected chi connectivity index (χ0v) is 16.1. The topological polar surface area (TPSA) is 12.9 Å². The molecule has 122 valence electrons. The molecule has 1 aliphatic carbocycles. The van der Waals surface area contributed by atoms with Gasteiger partial charge in [-0.15, -0.1) is 24.8 Å². The summed E-state index contributed by atoms with van der Waals surface area (Å²) in [6.45, 7) is 4.60. The summed E-state index contributed by atoms with van der Waals surface area (Å²) < 4.78 is 1.69. The van der Waals surface area contributed by atoms with Crippen molar-refractivity contribution in [3.63, 3.8) is 0 Å². The number of halogens is 2. The monoisotopic (exact) mass is 385 g/mol. The van der Waals surface area contributed by atoms with Crippen LogP contribution >= 0.6 is 24.8 Å². The summed E-state index contributed by atoms with van der Waals surface area (Å²) in [5, 5.41) is 0. The van der Waals surface area contributed by atoms with Gasteiger partial charge in [-0.05, 0) is 0 Å². The molecule has 0 spiro atoms. The van der Waals surface area contributed by atoms with Crippen LogP contribution in [0.25, 0.3) is 5.57 Å². The summed E-state index contributed by atoms with van der Waals surface area (Å²) in [5.41, 5.74) is 3.88. The van der Waals surface area contributed by atoms with Gasteiger partial charge in [0.25, 0.3) is 0 Å². The second kappa shape index (κ2) is 8.71. The molecule has 1 aliphatic rings. The van der Waals surface area contributed by atoms with E-state index in [1.165, 1.54) is 16.8 Å². The van der Waals surface area contributed by atoms with Gasteiger partial charge in [-0.3, -0.25) is 0 Å². The second-order valence-electron chi connectivity index (χ2n) is 5.67. The van der Waals surface area contributed by atoms with Crippen LogP contribution in [0.5, 0.6) is 0 Å². The molecule has 4 heteroatoms. The Bertz CT molecular complexity index is 679. The number of benzene rings is 1. The normalized spacial score (nSPS) is 13.5. The molecule has 23 heavy (non-hydrogen) atoms. The third kappa shape index (κ3) is 4.97. The molecule has 1 aromatic heterocycles. The number of pyridine rings is 1. The van der Waals surface area contributed by atoms with Crippen molar-refractivity contribution in [2.45, 2.75) is 24.5 Å². The molecule has 0 amide bonds. The standard InChI is InChI=1S/C11H9.C8H10N.2ClH.Cr/c1-2-6-10(7-3-1)11-8-4-5-9-11;1-7(2)8-5-3-4-6-9-8;;;/h1-3,6-9H,4H2;3-6H,1-2H3;2*1H;. The Hall–Kier alpha value is -1.04. The Morgan fingerprint density at radius 2 is 1.65 bits per heavy atom. The molecule has 0 bridgehead atoms. The van der Waals surface area contributed by atoms with Crippen molar-refractivity contribution in [2.24, 2.45) is 0 Å². The van der Waals surface area contributed by atoms with Crippen LogP contribution in [0.4, 0.5) is 0 Å². The number of allylic oxidation sites excluding steroid dienone is 4. The van der Waals surface area contributed by atoms with Crippen LogP contribution in [0.3, 0.4) is 0 Å². The van der Waals surface area contributed by atoms with Crippen molar-refractivity contribution in [1.82, 2.24) is 4.98 Å². The fourth-order valence-electron chi connectivity index (χ4n) is 2.50. The molecular weight excluding hydrogens is 365 g/mol. The fraction of sp³-hybridized carbons (Fsp3) is 0.211. The van der Waals surface area contributed by atoms with Gasteiger partial charge in [0.2, 0.25) is 0 Å². The number of hydrogen-bond donors (Lipinski definition) is 0. The molecule has 0 radical (unpaired) electrons. The smallest absolute Gasteiger partial charge is 0.147 e. The molecule has 0 N–H and O–H groups in total. The molecule has 1 heterocycles. The van der Waals surface area contributed by atoms with E-state index < -0.39 is 0 Å². The third-order valence-electron chi connectivity index (χ3n) is 3.61. The van der Waals surface area contributed by atoms with E-state index in [4.69, 9.17) is 0 Å². The molecule has 0 fully saturated rings. The summed E-state index contributed by atoms with van der Waals surface area (Å²) in [5.74, 6) is 0. The maximum Gasteiger partial charge on any atom is -0.147 e. The maximum atomic E-state index is 4.54. The van der Waals surface area contributed by atoms with E-state index >= 15 is 0 Å². The van der Waals surface area contributed by atoms with E-state index in [0.29, 0.717) is 15.2 Å². The zero-order chi connectivity index (χ0) is 14.7. The Labute approximate surface area is 157 Å². The van der Waals surface area contributed by atoms with Gasteiger partial charge in [0.1, 0.15) is 0 Å². The van der Waals surface area contributed by atoms with Gasteiger partial charge in [0, 0.05) is 0 Å². The minimum atomic E-state index is 0. The zero-order valence-electron chi connectivity index (χ0n) is 13.2. The van der Waals surface area contributed by atoms with Crippen LogP contribution in [-0.2, 0) is 19.5 Å². The molecule has 0 unspecified atom stereocenters. The van der Waals surface area contributed by atoms with Gasteiger partial charge < -0.3 is 0 Å². The van der Waals surface area contributed by atoms with Gasteiger partial charge in [0.15, 0.2) is 0 Å². The number of rotatable bonds is 4. The molecule has 1 nitrogen and oxygen atoms in total. The van der Waals surface area contributed by atoms with Crippen molar-refractivity contribution in [3.05, 3.63) is 82.6 Å². The predicted molar refractivity (Wildman–Crippen MR) is 98.9 cm³/mol. The fourth-order valence-corrected chi connectivity index (χ4v) is 4.43. The quantitative estimate of drug-likeness (QED) is 0.665. The Kier molecular flexibility index (Phi) is 7.58. The van der Waals surface area contributed by atoms with E-state index in [9.17, 15) is 0 Å². The van der Waals surface area contributed by atoms with E-state index in [2.05, 4.69) is 73.4 Å². The number of aromatic nitrogens is 1. The van der Waals surface area contributed by atoms with Gasteiger partial charge in [-0.2, -0.15) is 0 Å². The predicted octanol–water partition coefficient (Wildman–Crippen LogP) is 5.61. The van der Waals surface area contributed by atoms with Gasteiger partial charge in [-0.1, -0.05) is 0 Å². The minimum absolute atomic E-state index is 0. The Morgan fingerprint density at radius 3 is 2.30 bits per heavy atom. The van der Waals surface area contributed by atoms with Crippen LogP contribution in [-0.4, -0.2) is 4.98 Å². The SMILES string of the molecule is C[C](C)([Cr][C]1=CC(c2ccccc2)=CC1)c1ccccn1.Cl.Cl. The third-order valence-corrected chi connectivity index (χ3v) is 5.59. The summed E-state index contributed by atoms with van der Waals surface area (Å²) in [6, 6.07) is 16.8. The van der Waals surface area contributed by atoms with Crippen LogP contribution in [0.1, 0.15) is 31.5 Å². The van der Waals surface area contributed by atoms with Crippen molar-refractivity contribution in [3.8, 4) is 0 Å². The van der Waals surface area contributed by atoms with Crippen molar-refractivity contribution >= 4 is 30.4 Å². The first-order valence-electron chi connectivity index (χ1n) is 7.22. The van der Waals surface area contributed by atoms with Crippen LogP contribution in [0.2, 0.25) is 0 Å². The summed E-state index contributed by atoms with van der Waals surface area (Å²) >= 11 is 0.411. The first-order valence-corrected chi connectivity index (χ1v) is 8.49. The molecule has 2 aromatic rings. The number of hydrogen-bond acceptors (Lipinski definition) is 1. The van der Waals surface area contributed by atoms with E-state index in [0.717, 1.165) is 6.42 Å². The van der Waals surface area contributed by atoms with Gasteiger partial charge >= 0.3 is 133 Å². The molecule has 0 aliphatic heterocycles. The molecule has 0 saturated carbocycles.